The van der Waals surface area contributed by atoms with Gasteiger partial charge in [-0.15, -0.1) is 0 Å². The maximum Gasteiger partial charge on any atom is 0.416 e. The Labute approximate surface area is 97.8 Å². The molecule has 0 amide bonds. The molecule has 0 spiro atoms. The van der Waals surface area contributed by atoms with Crippen molar-refractivity contribution in [3.05, 3.63) is 29.3 Å². The maximum absolute atomic E-state index is 12.5. The third kappa shape index (κ3) is 3.20. The summed E-state index contributed by atoms with van der Waals surface area (Å²) >= 11 is 0. The molecule has 0 bridgehead atoms. The van der Waals surface area contributed by atoms with E-state index in [-0.39, 0.29) is 6.07 Å². The smallest absolute Gasteiger partial charge is 0.416 e. The van der Waals surface area contributed by atoms with Crippen LogP contribution >= 0.6 is 0 Å². The van der Waals surface area contributed by atoms with Gasteiger partial charge in [0.1, 0.15) is 11.3 Å². The lowest BCUT2D eigenvalue weighted by Gasteiger charge is -2.10. The molecule has 0 radical (unpaired) electrons. The van der Waals surface area contributed by atoms with Crippen LogP contribution in [0.3, 0.4) is 0 Å². The van der Waals surface area contributed by atoms with Crippen molar-refractivity contribution in [2.45, 2.75) is 13.0 Å². The fourth-order valence-electron chi connectivity index (χ4n) is 1.06. The highest BCUT2D eigenvalue weighted by atomic mass is 19.4. The summed E-state index contributed by atoms with van der Waals surface area (Å²) in [7, 11) is 0. The van der Waals surface area contributed by atoms with Crippen LogP contribution in [0.5, 0.6) is 5.75 Å². The van der Waals surface area contributed by atoms with Crippen molar-refractivity contribution in [3.8, 4) is 5.75 Å². The molecule has 17 heavy (non-hydrogen) atoms. The van der Waals surface area contributed by atoms with Crippen molar-refractivity contribution in [1.82, 2.24) is 0 Å². The summed E-state index contributed by atoms with van der Waals surface area (Å²) in [5.41, 5.74) is -2.02. The minimum atomic E-state index is -4.79. The number of carbonyl (C=O) groups is 2. The lowest BCUT2D eigenvalue weighted by molar-refractivity contribution is -0.138. The lowest BCUT2D eigenvalue weighted by atomic mass is 10.1. The van der Waals surface area contributed by atoms with Crippen molar-refractivity contribution in [2.24, 2.45) is 0 Å². The largest absolute Gasteiger partial charge is 0.478 e. The number of ether oxygens (including phenoxy) is 1. The molecule has 1 aromatic rings. The Bertz CT molecular complexity index is 552. The number of carbonyl (C=O) groups excluding carboxylic acids is 1. The molecular weight excluding hydrogens is 241 g/mol. The second-order valence-electron chi connectivity index (χ2n) is 2.90. The average molecular weight is 251 g/mol. The van der Waals surface area contributed by atoms with E-state index in [1.807, 2.05) is 0 Å². The van der Waals surface area contributed by atoms with E-state index in [4.69, 9.17) is 9.22 Å². The van der Waals surface area contributed by atoms with Crippen LogP contribution in [-0.2, 0) is 11.0 Å². The van der Waals surface area contributed by atoms with Gasteiger partial charge in [-0.3, -0.25) is 4.79 Å². The summed E-state index contributed by atoms with van der Waals surface area (Å²) in [6, 6.07) is 1.32. The molecule has 0 aliphatic carbocycles. The fourth-order valence-corrected chi connectivity index (χ4v) is 1.06. The predicted molar refractivity (Wildman–Crippen MR) is 49.7 cm³/mol. The van der Waals surface area contributed by atoms with Crippen molar-refractivity contribution in [3.63, 3.8) is 0 Å². The second kappa shape index (κ2) is 4.44. The van der Waals surface area contributed by atoms with Gasteiger partial charge < -0.3 is 9.84 Å². The molecule has 0 atom stereocenters. The predicted octanol–water partition coefficient (Wildman–Crippen LogP) is 2.33. The van der Waals surface area contributed by atoms with E-state index in [0.717, 1.165) is 0 Å². The summed E-state index contributed by atoms with van der Waals surface area (Å²) in [4.78, 5) is 21.9. The zero-order valence-electron chi connectivity index (χ0n) is 11.0. The zero-order chi connectivity index (χ0) is 15.7. The molecule has 4 nitrogen and oxygen atoms in total. The number of rotatable bonds is 2. The Morgan fingerprint density at radius 2 is 2.06 bits per heavy atom. The van der Waals surface area contributed by atoms with Gasteiger partial charge in [0.25, 0.3) is 0 Å². The van der Waals surface area contributed by atoms with Crippen LogP contribution < -0.4 is 4.74 Å². The number of hydrogen-bond acceptors (Lipinski definition) is 3. The van der Waals surface area contributed by atoms with Crippen LogP contribution in [0.15, 0.2) is 18.2 Å². The molecule has 1 rings (SSSR count). The Balaban J connectivity index is 3.27. The van der Waals surface area contributed by atoms with Crippen LogP contribution in [0.25, 0.3) is 0 Å². The summed E-state index contributed by atoms with van der Waals surface area (Å²) < 4.78 is 61.8. The summed E-state index contributed by atoms with van der Waals surface area (Å²) in [6.45, 7) is -3.22. The number of alkyl halides is 3. The molecule has 0 unspecified atom stereocenters. The average Bonchev–Trinajstić information content (AvgIpc) is 2.25. The van der Waals surface area contributed by atoms with Gasteiger partial charge in [-0.05, 0) is 18.2 Å². The highest BCUT2D eigenvalue weighted by Gasteiger charge is 2.32. The molecule has 7 heteroatoms. The summed E-state index contributed by atoms with van der Waals surface area (Å²) in [5, 5.41) is 8.76. The van der Waals surface area contributed by atoms with Crippen molar-refractivity contribution in [2.75, 3.05) is 0 Å². The molecule has 1 N–H and O–H groups in total. The van der Waals surface area contributed by atoms with E-state index in [0.29, 0.717) is 12.1 Å². The number of carboxylic acid groups (broad SMARTS) is 1. The van der Waals surface area contributed by atoms with Gasteiger partial charge in [-0.25, -0.2) is 4.79 Å². The number of benzene rings is 1. The number of hydrogen-bond donors (Lipinski definition) is 1. The Hall–Kier alpha value is -2.05. The quantitative estimate of drug-likeness (QED) is 0.647. The maximum atomic E-state index is 12.5. The minimum Gasteiger partial charge on any atom is -0.478 e. The minimum absolute atomic E-state index is 0.257. The van der Waals surface area contributed by atoms with Gasteiger partial charge in [-0.2, -0.15) is 13.2 Å². The third-order valence-electron chi connectivity index (χ3n) is 1.74. The highest BCUT2D eigenvalue weighted by Crippen LogP contribution is 2.33. The van der Waals surface area contributed by atoms with Crippen LogP contribution in [0.1, 0.15) is 26.9 Å². The molecule has 92 valence electrons. The molecule has 0 saturated heterocycles. The fraction of sp³-hybridized carbons (Fsp3) is 0.200. The highest BCUT2D eigenvalue weighted by molar-refractivity contribution is 5.92. The lowest BCUT2D eigenvalue weighted by Crippen LogP contribution is -2.11. The summed E-state index contributed by atoms with van der Waals surface area (Å²) in [6.07, 6.45) is -4.79. The van der Waals surface area contributed by atoms with Crippen LogP contribution in [-0.4, -0.2) is 17.0 Å². The van der Waals surface area contributed by atoms with E-state index in [2.05, 4.69) is 4.74 Å². The topological polar surface area (TPSA) is 63.6 Å². The first-order valence-electron chi connectivity index (χ1n) is 5.60. The molecular formula is C10H7F3O4. The second-order valence-corrected chi connectivity index (χ2v) is 2.90. The van der Waals surface area contributed by atoms with Crippen molar-refractivity contribution < 1.29 is 36.7 Å². The number of carboxylic acids is 1. The van der Waals surface area contributed by atoms with Crippen molar-refractivity contribution >= 4 is 11.9 Å². The number of aromatic carboxylic acids is 1. The van der Waals surface area contributed by atoms with E-state index in [1.165, 1.54) is 0 Å². The van der Waals surface area contributed by atoms with Gasteiger partial charge in [0, 0.05) is 11.0 Å². The van der Waals surface area contributed by atoms with E-state index in [1.54, 1.807) is 0 Å². The molecule has 0 aromatic heterocycles. The standard InChI is InChI=1S/C10H7F3O4/c1-5(14)17-8-4-6(10(11,12)13)2-3-7(8)9(15)16/h2-4H,1H3,(H,15,16)/i1D3. The van der Waals surface area contributed by atoms with Crippen LogP contribution in [0.4, 0.5) is 13.2 Å². The van der Waals surface area contributed by atoms with Gasteiger partial charge in [0.15, 0.2) is 0 Å². The van der Waals surface area contributed by atoms with Gasteiger partial charge in [0.2, 0.25) is 0 Å². The first kappa shape index (κ1) is 9.03. The molecule has 0 aliphatic heterocycles. The third-order valence-corrected chi connectivity index (χ3v) is 1.74. The van der Waals surface area contributed by atoms with Crippen molar-refractivity contribution in [1.29, 1.82) is 0 Å². The van der Waals surface area contributed by atoms with Gasteiger partial charge in [-0.1, -0.05) is 0 Å². The first-order chi connectivity index (χ1) is 8.93. The Morgan fingerprint density at radius 1 is 1.41 bits per heavy atom. The monoisotopic (exact) mass is 251 g/mol. The zero-order valence-corrected chi connectivity index (χ0v) is 8.04. The van der Waals surface area contributed by atoms with Gasteiger partial charge in [0.05, 0.1) is 5.56 Å². The Kier molecular flexibility index (Phi) is 2.36. The van der Waals surface area contributed by atoms with E-state index < -0.39 is 41.8 Å². The molecule has 0 heterocycles. The Morgan fingerprint density at radius 3 is 2.53 bits per heavy atom. The first-order valence-corrected chi connectivity index (χ1v) is 4.10. The normalized spacial score (nSPS) is 14.4. The van der Waals surface area contributed by atoms with Crippen LogP contribution in [0.2, 0.25) is 0 Å². The van der Waals surface area contributed by atoms with Crippen LogP contribution in [0, 0.1) is 0 Å². The molecule has 0 saturated carbocycles. The SMILES string of the molecule is [2H]C([2H])([2H])C(=O)Oc1cc(C(F)(F)F)ccc1C(=O)O. The molecule has 1 aromatic carbocycles. The number of esters is 1. The molecule has 0 aliphatic rings. The molecule has 0 fully saturated rings. The summed E-state index contributed by atoms with van der Waals surface area (Å²) in [5.74, 6) is -4.46. The van der Waals surface area contributed by atoms with E-state index in [9.17, 15) is 22.8 Å². The van der Waals surface area contributed by atoms with Gasteiger partial charge >= 0.3 is 18.1 Å². The van der Waals surface area contributed by atoms with E-state index >= 15 is 0 Å². The number of halogens is 3.